The van der Waals surface area contributed by atoms with Crippen LogP contribution in [0.2, 0.25) is 0 Å². The number of benzene rings is 1. The average molecular weight is 385 g/mol. The first-order valence-electron chi connectivity index (χ1n) is 8.78. The van der Waals surface area contributed by atoms with Crippen molar-refractivity contribution < 1.29 is 13.2 Å². The zero-order chi connectivity index (χ0) is 18.3. The van der Waals surface area contributed by atoms with Crippen LogP contribution < -0.4 is 4.72 Å². The molecule has 0 spiro atoms. The molecule has 1 fully saturated rings. The number of hydrogen-bond donors (Lipinski definition) is 1. The Hall–Kier alpha value is -1.05. The van der Waals surface area contributed by atoms with Gasteiger partial charge >= 0.3 is 0 Å². The Morgan fingerprint density at radius 3 is 2.48 bits per heavy atom. The van der Waals surface area contributed by atoms with Crippen molar-refractivity contribution in [3.8, 4) is 0 Å². The third-order valence-electron chi connectivity index (χ3n) is 4.73. The molecule has 1 atom stereocenters. The maximum absolute atomic E-state index is 12.9. The fourth-order valence-electron chi connectivity index (χ4n) is 3.22. The number of hydrogen-bond acceptors (Lipinski definition) is 4. The van der Waals surface area contributed by atoms with Gasteiger partial charge in [0.25, 0.3) is 0 Å². The Balaban J connectivity index is 2.13. The zero-order valence-electron chi connectivity index (χ0n) is 15.0. The number of carbonyl (C=O) groups excluding carboxylic acids is 1. The molecule has 1 unspecified atom stereocenters. The van der Waals surface area contributed by atoms with Gasteiger partial charge in [0.1, 0.15) is 6.04 Å². The third kappa shape index (κ3) is 5.72. The lowest BCUT2D eigenvalue weighted by molar-refractivity contribution is -0.134. The van der Waals surface area contributed by atoms with Crippen molar-refractivity contribution in [3.05, 3.63) is 30.3 Å². The van der Waals surface area contributed by atoms with E-state index in [-0.39, 0.29) is 16.8 Å². The third-order valence-corrected chi connectivity index (χ3v) is 6.86. The number of carbonyl (C=O) groups is 1. The molecule has 1 amide bonds. The van der Waals surface area contributed by atoms with Crippen molar-refractivity contribution in [2.24, 2.45) is 0 Å². The Kier molecular flexibility index (Phi) is 7.78. The predicted octanol–water partition coefficient (Wildman–Crippen LogP) is 2.88. The molecule has 0 aromatic heterocycles. The molecule has 1 aliphatic carbocycles. The normalized spacial score (nSPS) is 17.2. The number of nitrogens with zero attached hydrogens (tertiary/aromatic N) is 1. The molecule has 0 aliphatic heterocycles. The highest BCUT2D eigenvalue weighted by molar-refractivity contribution is 7.98. The van der Waals surface area contributed by atoms with Crippen LogP contribution in [0.1, 0.15) is 38.5 Å². The molecule has 0 heterocycles. The fourth-order valence-corrected chi connectivity index (χ4v) is 4.93. The van der Waals surface area contributed by atoms with Crippen LogP contribution in [-0.2, 0) is 14.8 Å². The molecule has 7 heteroatoms. The summed E-state index contributed by atoms with van der Waals surface area (Å²) in [5.41, 5.74) is 0. The van der Waals surface area contributed by atoms with Gasteiger partial charge in [-0.25, -0.2) is 8.42 Å². The molecule has 0 radical (unpaired) electrons. The van der Waals surface area contributed by atoms with E-state index in [1.807, 2.05) is 6.26 Å². The molecular formula is C18H28N2O3S2. The second kappa shape index (κ2) is 9.59. The van der Waals surface area contributed by atoms with E-state index in [2.05, 4.69) is 4.72 Å². The average Bonchev–Trinajstić information content (AvgIpc) is 2.65. The molecule has 1 aliphatic rings. The topological polar surface area (TPSA) is 66.5 Å². The lowest BCUT2D eigenvalue weighted by atomic mass is 9.94. The van der Waals surface area contributed by atoms with Gasteiger partial charge in [-0.3, -0.25) is 4.79 Å². The Bertz CT molecular complexity index is 644. The van der Waals surface area contributed by atoms with Crippen molar-refractivity contribution in [3.63, 3.8) is 0 Å². The van der Waals surface area contributed by atoms with Gasteiger partial charge in [0.2, 0.25) is 15.9 Å². The van der Waals surface area contributed by atoms with Gasteiger partial charge in [-0.2, -0.15) is 16.5 Å². The molecule has 5 nitrogen and oxygen atoms in total. The summed E-state index contributed by atoms with van der Waals surface area (Å²) in [7, 11) is -1.90. The van der Waals surface area contributed by atoms with E-state index in [9.17, 15) is 13.2 Å². The highest BCUT2D eigenvalue weighted by Crippen LogP contribution is 2.23. The van der Waals surface area contributed by atoms with Crippen LogP contribution in [0.15, 0.2) is 35.2 Å². The van der Waals surface area contributed by atoms with E-state index in [4.69, 9.17) is 0 Å². The molecule has 0 bridgehead atoms. The molecule has 0 saturated heterocycles. The number of amides is 1. The van der Waals surface area contributed by atoms with Crippen molar-refractivity contribution in [1.82, 2.24) is 9.62 Å². The second-order valence-corrected chi connectivity index (χ2v) is 9.21. The smallest absolute Gasteiger partial charge is 0.241 e. The largest absolute Gasteiger partial charge is 0.341 e. The first-order valence-corrected chi connectivity index (χ1v) is 11.7. The summed E-state index contributed by atoms with van der Waals surface area (Å²) >= 11 is 1.61. The number of likely N-dealkylation sites (N-methyl/N-ethyl adjacent to an activating group) is 1. The maximum Gasteiger partial charge on any atom is 0.241 e. The molecule has 1 aromatic rings. The lowest BCUT2D eigenvalue weighted by Crippen LogP contribution is -2.50. The van der Waals surface area contributed by atoms with Crippen LogP contribution in [0.4, 0.5) is 0 Å². The van der Waals surface area contributed by atoms with E-state index < -0.39 is 16.1 Å². The zero-order valence-corrected chi connectivity index (χ0v) is 16.6. The van der Waals surface area contributed by atoms with Crippen LogP contribution in [0.5, 0.6) is 0 Å². The number of thioether (sulfide) groups is 1. The molecule has 2 rings (SSSR count). The minimum Gasteiger partial charge on any atom is -0.341 e. The second-order valence-electron chi connectivity index (χ2n) is 6.51. The summed E-state index contributed by atoms with van der Waals surface area (Å²) < 4.78 is 27.9. The molecule has 25 heavy (non-hydrogen) atoms. The minimum atomic E-state index is -3.71. The van der Waals surface area contributed by atoms with Gasteiger partial charge in [0.05, 0.1) is 4.90 Å². The number of rotatable bonds is 8. The fraction of sp³-hybridized carbons (Fsp3) is 0.611. The van der Waals surface area contributed by atoms with Gasteiger partial charge in [-0.05, 0) is 43.4 Å². The molecule has 1 aromatic carbocycles. The van der Waals surface area contributed by atoms with Crippen LogP contribution in [-0.4, -0.2) is 50.4 Å². The number of sulfonamides is 1. The van der Waals surface area contributed by atoms with Crippen molar-refractivity contribution in [2.45, 2.75) is 55.5 Å². The summed E-state index contributed by atoms with van der Waals surface area (Å²) in [6, 6.07) is 7.73. The summed E-state index contributed by atoms with van der Waals surface area (Å²) in [6.45, 7) is 0. The number of nitrogens with one attached hydrogen (secondary N) is 1. The first-order chi connectivity index (χ1) is 12.0. The Labute approximate surface area is 155 Å². The van der Waals surface area contributed by atoms with Gasteiger partial charge < -0.3 is 4.90 Å². The van der Waals surface area contributed by atoms with Crippen LogP contribution in [0.25, 0.3) is 0 Å². The summed E-state index contributed by atoms with van der Waals surface area (Å²) in [5, 5.41) is 0. The Morgan fingerprint density at radius 1 is 1.24 bits per heavy atom. The van der Waals surface area contributed by atoms with Crippen molar-refractivity contribution >= 4 is 27.7 Å². The van der Waals surface area contributed by atoms with Crippen LogP contribution in [0, 0.1) is 0 Å². The monoisotopic (exact) mass is 384 g/mol. The van der Waals surface area contributed by atoms with E-state index in [0.717, 1.165) is 31.4 Å². The van der Waals surface area contributed by atoms with Crippen molar-refractivity contribution in [2.75, 3.05) is 19.1 Å². The van der Waals surface area contributed by atoms with E-state index in [1.54, 1.807) is 54.0 Å². The standard InChI is InChI=1S/C18H28N2O3S2/c1-20(15-9-5-3-6-10-15)18(21)17(13-14-24-2)19-25(22,23)16-11-7-4-8-12-16/h4,7-8,11-12,15,17,19H,3,5-6,9-10,13-14H2,1-2H3. The van der Waals surface area contributed by atoms with Crippen LogP contribution >= 0.6 is 11.8 Å². The predicted molar refractivity (Wildman–Crippen MR) is 103 cm³/mol. The first kappa shape index (κ1) is 20.3. The van der Waals surface area contributed by atoms with Gasteiger partial charge in [0, 0.05) is 13.1 Å². The molecule has 1 saturated carbocycles. The highest BCUT2D eigenvalue weighted by atomic mass is 32.2. The van der Waals surface area contributed by atoms with Crippen molar-refractivity contribution in [1.29, 1.82) is 0 Å². The maximum atomic E-state index is 12.9. The van der Waals surface area contributed by atoms with Crippen LogP contribution in [0.3, 0.4) is 0 Å². The van der Waals surface area contributed by atoms with Gasteiger partial charge in [-0.1, -0.05) is 37.5 Å². The lowest BCUT2D eigenvalue weighted by Gasteiger charge is -2.33. The minimum absolute atomic E-state index is 0.125. The van der Waals surface area contributed by atoms with E-state index >= 15 is 0 Å². The Morgan fingerprint density at radius 2 is 1.88 bits per heavy atom. The van der Waals surface area contributed by atoms with Gasteiger partial charge in [0.15, 0.2) is 0 Å². The highest BCUT2D eigenvalue weighted by Gasteiger charge is 2.31. The van der Waals surface area contributed by atoms with Gasteiger partial charge in [-0.15, -0.1) is 0 Å². The summed E-state index contributed by atoms with van der Waals surface area (Å²) in [5.74, 6) is 0.604. The molecule has 140 valence electrons. The SMILES string of the molecule is CSCCC(NS(=O)(=O)c1ccccc1)C(=O)N(C)C1CCCCC1. The summed E-state index contributed by atoms with van der Waals surface area (Å²) in [4.78, 5) is 14.9. The van der Waals surface area contributed by atoms with E-state index in [1.165, 1.54) is 6.42 Å². The van der Waals surface area contributed by atoms with E-state index in [0.29, 0.717) is 6.42 Å². The molecular weight excluding hydrogens is 356 g/mol. The summed E-state index contributed by atoms with van der Waals surface area (Å²) in [6.07, 6.45) is 7.93. The quantitative estimate of drug-likeness (QED) is 0.748. The molecule has 1 N–H and O–H groups in total.